The molecule has 0 bridgehead atoms. The van der Waals surface area contributed by atoms with E-state index in [-0.39, 0.29) is 30.6 Å². The highest BCUT2D eigenvalue weighted by Gasteiger charge is 2.68. The number of rotatable bonds is 8. The van der Waals surface area contributed by atoms with Crippen molar-refractivity contribution in [2.45, 2.75) is 31.8 Å². The average molecular weight is 541 g/mol. The van der Waals surface area contributed by atoms with Crippen LogP contribution in [0.3, 0.4) is 0 Å². The number of hydrogen-bond donors (Lipinski definition) is 1. The van der Waals surface area contributed by atoms with Crippen molar-refractivity contribution in [3.63, 3.8) is 0 Å². The smallest absolute Gasteiger partial charge is 0.327 e. The summed E-state index contributed by atoms with van der Waals surface area (Å²) in [6.07, 6.45) is 0.187. The van der Waals surface area contributed by atoms with Crippen LogP contribution in [-0.4, -0.2) is 54.8 Å². The summed E-state index contributed by atoms with van der Waals surface area (Å²) in [5.74, 6) is -2.43. The quantitative estimate of drug-likeness (QED) is 0.262. The number of amides is 2. The van der Waals surface area contributed by atoms with Gasteiger partial charge >= 0.3 is 5.97 Å². The lowest BCUT2D eigenvalue weighted by Gasteiger charge is -2.32. The Kier molecular flexibility index (Phi) is 7.29. The van der Waals surface area contributed by atoms with Gasteiger partial charge in [-0.2, -0.15) is 0 Å². The van der Waals surface area contributed by atoms with Gasteiger partial charge in [-0.1, -0.05) is 66.7 Å². The molecule has 2 aliphatic rings. The Balaban J connectivity index is 1.60. The van der Waals surface area contributed by atoms with E-state index in [1.807, 2.05) is 60.7 Å². The van der Waals surface area contributed by atoms with Crippen LogP contribution in [0.4, 0.5) is 0 Å². The average Bonchev–Trinajstić information content (AvgIpc) is 3.45. The Morgan fingerprint density at radius 3 is 2.25 bits per heavy atom. The number of Topliss-reactive ketones (excluding diaryl/α,β-unsaturated/α-hetero) is 1. The maximum Gasteiger partial charge on any atom is 0.327 e. The molecule has 2 heterocycles. The molecule has 2 amide bonds. The first kappa shape index (κ1) is 27.3. The zero-order chi connectivity index (χ0) is 28.6. The number of likely N-dealkylation sites (tertiary alicyclic amines) is 1. The highest BCUT2D eigenvalue weighted by atomic mass is 16.5. The predicted molar refractivity (Wildman–Crippen MR) is 149 cm³/mol. The van der Waals surface area contributed by atoms with E-state index in [0.717, 1.165) is 16.7 Å². The minimum absolute atomic E-state index is 0.0165. The van der Waals surface area contributed by atoms with E-state index in [0.29, 0.717) is 16.9 Å². The highest BCUT2D eigenvalue weighted by Crippen LogP contribution is 2.51. The summed E-state index contributed by atoms with van der Waals surface area (Å²) >= 11 is 0. The lowest BCUT2D eigenvalue weighted by Crippen LogP contribution is -2.57. The number of imide groups is 1. The van der Waals surface area contributed by atoms with E-state index in [9.17, 15) is 19.2 Å². The van der Waals surface area contributed by atoms with Crippen molar-refractivity contribution in [1.82, 2.24) is 10.2 Å². The molecular formula is C32H32N2O6. The summed E-state index contributed by atoms with van der Waals surface area (Å²) < 4.78 is 11.0. The molecule has 0 radical (unpaired) electrons. The second kappa shape index (κ2) is 10.7. The second-order valence-electron chi connectivity index (χ2n) is 10.3. The number of benzene rings is 3. The molecule has 0 aromatic heterocycles. The highest BCUT2D eigenvalue weighted by molar-refractivity contribution is 6.09. The van der Waals surface area contributed by atoms with Crippen molar-refractivity contribution in [2.75, 3.05) is 20.8 Å². The summed E-state index contributed by atoms with van der Waals surface area (Å²) in [6.45, 7) is 3.50. The Bertz CT molecular complexity index is 1470. The van der Waals surface area contributed by atoms with Gasteiger partial charge in [0.1, 0.15) is 11.3 Å². The van der Waals surface area contributed by atoms with Crippen molar-refractivity contribution >= 4 is 23.6 Å². The minimum atomic E-state index is -1.43. The monoisotopic (exact) mass is 540 g/mol. The van der Waals surface area contributed by atoms with Gasteiger partial charge < -0.3 is 9.47 Å². The van der Waals surface area contributed by atoms with Crippen LogP contribution in [0.15, 0.2) is 72.8 Å². The number of methoxy groups -OCH3 is 2. The number of carbonyl (C=O) groups is 4. The van der Waals surface area contributed by atoms with Gasteiger partial charge in [0.25, 0.3) is 0 Å². The molecule has 8 nitrogen and oxygen atoms in total. The first-order valence-electron chi connectivity index (χ1n) is 13.3. The van der Waals surface area contributed by atoms with Gasteiger partial charge in [0.2, 0.25) is 11.8 Å². The number of nitrogens with one attached hydrogen (secondary N) is 1. The molecule has 3 aromatic rings. The summed E-state index contributed by atoms with van der Waals surface area (Å²) in [7, 11) is 2.86. The van der Waals surface area contributed by atoms with Gasteiger partial charge in [0.15, 0.2) is 5.78 Å². The molecule has 1 N–H and O–H groups in total. The topological polar surface area (TPSA) is 102 Å². The zero-order valence-electron chi connectivity index (χ0n) is 23.0. The molecule has 2 aliphatic heterocycles. The summed E-state index contributed by atoms with van der Waals surface area (Å²) in [5, 5.41) is 3.42. The molecule has 0 aliphatic carbocycles. The van der Waals surface area contributed by atoms with Crippen LogP contribution in [-0.2, 0) is 25.5 Å². The first-order chi connectivity index (χ1) is 19.2. The van der Waals surface area contributed by atoms with Crippen LogP contribution in [0.25, 0.3) is 11.1 Å². The fraction of sp³-hybridized carbons (Fsp3) is 0.312. The van der Waals surface area contributed by atoms with Gasteiger partial charge in [0.05, 0.1) is 26.1 Å². The van der Waals surface area contributed by atoms with E-state index in [4.69, 9.17) is 9.47 Å². The number of esters is 1. The van der Waals surface area contributed by atoms with Crippen LogP contribution in [0.2, 0.25) is 0 Å². The summed E-state index contributed by atoms with van der Waals surface area (Å²) in [4.78, 5) is 53.8. The third-order valence-electron chi connectivity index (χ3n) is 8.12. The molecule has 0 saturated carbocycles. The molecule has 5 rings (SSSR count). The van der Waals surface area contributed by atoms with Crippen molar-refractivity contribution < 1.29 is 28.7 Å². The van der Waals surface area contributed by atoms with Crippen molar-refractivity contribution in [3.05, 3.63) is 89.5 Å². The lowest BCUT2D eigenvalue weighted by molar-refractivity contribution is -0.154. The van der Waals surface area contributed by atoms with Crippen molar-refractivity contribution in [1.29, 1.82) is 0 Å². The molecule has 40 heavy (non-hydrogen) atoms. The van der Waals surface area contributed by atoms with Crippen molar-refractivity contribution in [2.24, 2.45) is 11.8 Å². The van der Waals surface area contributed by atoms with E-state index in [1.165, 1.54) is 18.9 Å². The normalized spacial score (nSPS) is 23.7. The Morgan fingerprint density at radius 2 is 1.65 bits per heavy atom. The standard InChI is InChI=1S/C32H32N2O6/c1-5-34-29(36)26-27(30(34)37)32(31(38)40-4,18-20-9-7-6-8-10-20)33-28(26)23-15-16-24(25(17-23)39-3)22-13-11-21(12-14-22)19(2)35/h6-17,26-28,33H,5,18H2,1-4H3/t26-,27-,28-,32-/m1/s1. The maximum atomic E-state index is 13.7. The number of ketones is 1. The van der Waals surface area contributed by atoms with E-state index < -0.39 is 29.4 Å². The first-order valence-corrected chi connectivity index (χ1v) is 13.3. The second-order valence-corrected chi connectivity index (χ2v) is 10.3. The lowest BCUT2D eigenvalue weighted by atomic mass is 9.76. The molecule has 206 valence electrons. The van der Waals surface area contributed by atoms with E-state index >= 15 is 0 Å². The molecule has 0 unspecified atom stereocenters. The molecule has 3 aromatic carbocycles. The zero-order valence-corrected chi connectivity index (χ0v) is 23.0. The maximum absolute atomic E-state index is 13.7. The van der Waals surface area contributed by atoms with E-state index in [2.05, 4.69) is 5.32 Å². The third kappa shape index (κ3) is 4.38. The van der Waals surface area contributed by atoms with Crippen LogP contribution in [0.1, 0.15) is 41.4 Å². The molecular weight excluding hydrogens is 508 g/mol. The molecule has 0 spiro atoms. The number of fused-ring (bicyclic) bond motifs is 1. The Hall–Kier alpha value is -4.30. The van der Waals surface area contributed by atoms with E-state index in [1.54, 1.807) is 26.2 Å². The minimum Gasteiger partial charge on any atom is -0.496 e. The summed E-state index contributed by atoms with van der Waals surface area (Å²) in [5.41, 5.74) is 2.41. The summed E-state index contributed by atoms with van der Waals surface area (Å²) in [6, 6.07) is 21.6. The fourth-order valence-electron chi connectivity index (χ4n) is 6.21. The van der Waals surface area contributed by atoms with Crippen LogP contribution < -0.4 is 10.1 Å². The predicted octanol–water partition coefficient (Wildman–Crippen LogP) is 3.98. The number of carbonyl (C=O) groups excluding carboxylic acids is 4. The van der Waals surface area contributed by atoms with Gasteiger partial charge in [-0.3, -0.25) is 29.4 Å². The number of ether oxygens (including phenoxy) is 2. The number of hydrogen-bond acceptors (Lipinski definition) is 7. The molecule has 2 saturated heterocycles. The fourth-order valence-corrected chi connectivity index (χ4v) is 6.21. The van der Waals surface area contributed by atoms with Gasteiger partial charge in [0, 0.05) is 30.1 Å². The molecule has 8 heteroatoms. The molecule has 4 atom stereocenters. The van der Waals surface area contributed by atoms with Crippen LogP contribution in [0.5, 0.6) is 5.75 Å². The van der Waals surface area contributed by atoms with Crippen LogP contribution >= 0.6 is 0 Å². The van der Waals surface area contributed by atoms with Crippen LogP contribution in [0, 0.1) is 11.8 Å². The van der Waals surface area contributed by atoms with Crippen molar-refractivity contribution in [3.8, 4) is 16.9 Å². The van der Waals surface area contributed by atoms with Gasteiger partial charge in [-0.15, -0.1) is 0 Å². The number of nitrogens with zero attached hydrogens (tertiary/aromatic N) is 1. The molecule has 2 fully saturated rings. The SMILES string of the molecule is CCN1C(=O)[C@H]2[C@@H](c3ccc(-c4ccc(C(C)=O)cc4)c(OC)c3)N[C@@](Cc3ccccc3)(C(=O)OC)[C@H]2C1=O. The Labute approximate surface area is 233 Å². The third-order valence-corrected chi connectivity index (χ3v) is 8.12. The Morgan fingerprint density at radius 1 is 0.950 bits per heavy atom. The van der Waals surface area contributed by atoms with Gasteiger partial charge in [-0.05, 0) is 36.6 Å². The van der Waals surface area contributed by atoms with Gasteiger partial charge in [-0.25, -0.2) is 0 Å². The largest absolute Gasteiger partial charge is 0.496 e.